The van der Waals surface area contributed by atoms with Gasteiger partial charge in [0.25, 0.3) is 0 Å². The molecule has 0 radical (unpaired) electrons. The molecule has 0 unspecified atom stereocenters. The third-order valence-corrected chi connectivity index (χ3v) is 5.53. The van der Waals surface area contributed by atoms with E-state index in [9.17, 15) is 4.39 Å². The van der Waals surface area contributed by atoms with Gasteiger partial charge in [0.15, 0.2) is 0 Å². The monoisotopic (exact) mass is 273 g/mol. The molecule has 2 rings (SSSR count). The Bertz CT molecular complexity index is 615. The number of hydrogen-bond acceptors (Lipinski definition) is 1. The zero-order valence-corrected chi connectivity index (χ0v) is 13.2. The Balaban J connectivity index is 2.54. The first-order valence-corrected chi connectivity index (χ1v) is 10.0. The van der Waals surface area contributed by atoms with Crippen LogP contribution in [0.5, 0.6) is 0 Å². The van der Waals surface area contributed by atoms with Crippen LogP contribution in [-0.4, -0.2) is 13.1 Å². The Morgan fingerprint density at radius 3 is 2.32 bits per heavy atom. The summed E-state index contributed by atoms with van der Waals surface area (Å²) in [5, 5.41) is 1.34. The fourth-order valence-corrected chi connectivity index (χ4v) is 4.04. The lowest BCUT2D eigenvalue weighted by Gasteiger charge is -2.19. The molecule has 0 fully saturated rings. The van der Waals surface area contributed by atoms with Gasteiger partial charge in [-0.3, -0.25) is 4.98 Å². The Labute approximate surface area is 115 Å². The molecule has 0 spiro atoms. The Morgan fingerprint density at radius 2 is 1.74 bits per heavy atom. The molecule has 1 aromatic heterocycles. The summed E-state index contributed by atoms with van der Waals surface area (Å²) in [7, 11) is -1.38. The molecular weight excluding hydrogens is 253 g/mol. The highest BCUT2D eigenvalue weighted by molar-refractivity contribution is 6.89. The maximum atomic E-state index is 14.1. The van der Waals surface area contributed by atoms with Crippen LogP contribution in [0.2, 0.25) is 19.6 Å². The summed E-state index contributed by atoms with van der Waals surface area (Å²) in [6, 6.07) is 7.45. The van der Waals surface area contributed by atoms with Crippen molar-refractivity contribution in [2.45, 2.75) is 33.5 Å². The van der Waals surface area contributed by atoms with E-state index < -0.39 is 8.07 Å². The quantitative estimate of drug-likeness (QED) is 0.752. The van der Waals surface area contributed by atoms with Gasteiger partial charge in [-0.25, -0.2) is 4.39 Å². The first-order valence-electron chi connectivity index (χ1n) is 6.53. The van der Waals surface area contributed by atoms with E-state index in [4.69, 9.17) is 0 Å². The molecule has 1 heterocycles. The number of benzene rings is 1. The van der Waals surface area contributed by atoms with E-state index in [-0.39, 0.29) is 5.82 Å². The lowest BCUT2D eigenvalue weighted by molar-refractivity contribution is 0.621. The SMILES string of the molecule is Cc1cc(-c2cccc(C)c2F)ncc1[Si](C)(C)C. The first-order chi connectivity index (χ1) is 8.80. The number of halogens is 1. The number of nitrogens with zero attached hydrogens (tertiary/aromatic N) is 1. The Kier molecular flexibility index (Phi) is 3.59. The fourth-order valence-electron chi connectivity index (χ4n) is 2.33. The third-order valence-electron chi connectivity index (χ3n) is 3.39. The number of aryl methyl sites for hydroxylation is 2. The molecule has 1 aromatic carbocycles. The van der Waals surface area contributed by atoms with Crippen molar-refractivity contribution in [2.75, 3.05) is 0 Å². The van der Waals surface area contributed by atoms with E-state index in [1.807, 2.05) is 18.3 Å². The minimum atomic E-state index is -1.38. The summed E-state index contributed by atoms with van der Waals surface area (Å²) in [5.41, 5.74) is 3.18. The standard InChI is InChI=1S/C16H20FNSi/c1-11-7-6-8-13(16(11)17)14-9-12(2)15(10-18-14)19(3,4)5/h6-10H,1-5H3. The van der Waals surface area contributed by atoms with Crippen LogP contribution in [0.25, 0.3) is 11.3 Å². The molecule has 1 nitrogen and oxygen atoms in total. The molecule has 0 amide bonds. The molecule has 0 atom stereocenters. The van der Waals surface area contributed by atoms with E-state index in [0.717, 1.165) is 5.69 Å². The summed E-state index contributed by atoms with van der Waals surface area (Å²) in [4.78, 5) is 4.47. The second kappa shape index (κ2) is 4.89. The van der Waals surface area contributed by atoms with Crippen LogP contribution in [0, 0.1) is 19.7 Å². The average Bonchev–Trinajstić information content (AvgIpc) is 2.31. The van der Waals surface area contributed by atoms with Gasteiger partial charge in [0.1, 0.15) is 5.82 Å². The van der Waals surface area contributed by atoms with Gasteiger partial charge in [-0.1, -0.05) is 31.8 Å². The number of aromatic nitrogens is 1. The van der Waals surface area contributed by atoms with Crippen LogP contribution in [-0.2, 0) is 0 Å². The minimum Gasteiger partial charge on any atom is -0.256 e. The van der Waals surface area contributed by atoms with Crippen LogP contribution >= 0.6 is 0 Å². The Morgan fingerprint density at radius 1 is 1.05 bits per heavy atom. The van der Waals surface area contributed by atoms with Gasteiger partial charge < -0.3 is 0 Å². The summed E-state index contributed by atoms with van der Waals surface area (Å²) in [5.74, 6) is -0.171. The van der Waals surface area contributed by atoms with Gasteiger partial charge in [-0.2, -0.15) is 0 Å². The number of rotatable bonds is 2. The van der Waals surface area contributed by atoms with Crippen molar-refractivity contribution < 1.29 is 4.39 Å². The van der Waals surface area contributed by atoms with E-state index >= 15 is 0 Å². The van der Waals surface area contributed by atoms with Gasteiger partial charge in [-0.05, 0) is 42.3 Å². The van der Waals surface area contributed by atoms with Crippen molar-refractivity contribution >= 4 is 13.3 Å². The molecule has 0 bridgehead atoms. The summed E-state index contributed by atoms with van der Waals surface area (Å²) in [6.45, 7) is 10.8. The molecule has 0 saturated carbocycles. The smallest absolute Gasteiger partial charge is 0.135 e. The van der Waals surface area contributed by atoms with Gasteiger partial charge >= 0.3 is 0 Å². The molecular formula is C16H20FNSi. The molecule has 0 aliphatic heterocycles. The number of pyridine rings is 1. The summed E-state index contributed by atoms with van der Waals surface area (Å²) < 4.78 is 14.1. The lowest BCUT2D eigenvalue weighted by Crippen LogP contribution is -2.39. The highest BCUT2D eigenvalue weighted by Crippen LogP contribution is 2.23. The maximum Gasteiger partial charge on any atom is 0.135 e. The fraction of sp³-hybridized carbons (Fsp3) is 0.312. The highest BCUT2D eigenvalue weighted by atomic mass is 28.3. The predicted molar refractivity (Wildman–Crippen MR) is 82.1 cm³/mol. The van der Waals surface area contributed by atoms with Crippen LogP contribution < -0.4 is 5.19 Å². The van der Waals surface area contributed by atoms with Crippen molar-refractivity contribution in [3.05, 3.63) is 47.4 Å². The number of hydrogen-bond donors (Lipinski definition) is 0. The Hall–Kier alpha value is -1.48. The molecule has 0 aliphatic carbocycles. The van der Waals surface area contributed by atoms with Crippen molar-refractivity contribution in [1.29, 1.82) is 0 Å². The zero-order valence-electron chi connectivity index (χ0n) is 12.2. The molecule has 100 valence electrons. The van der Waals surface area contributed by atoms with Crippen LogP contribution in [0.1, 0.15) is 11.1 Å². The maximum absolute atomic E-state index is 14.1. The molecule has 0 saturated heterocycles. The van der Waals surface area contributed by atoms with Crippen LogP contribution in [0.3, 0.4) is 0 Å². The zero-order chi connectivity index (χ0) is 14.2. The normalized spacial score (nSPS) is 11.7. The van der Waals surface area contributed by atoms with E-state index in [2.05, 4.69) is 31.5 Å². The molecule has 2 aromatic rings. The van der Waals surface area contributed by atoms with Gasteiger partial charge in [0.05, 0.1) is 13.8 Å². The van der Waals surface area contributed by atoms with E-state index in [0.29, 0.717) is 11.1 Å². The van der Waals surface area contributed by atoms with E-state index in [1.54, 1.807) is 19.1 Å². The molecule has 3 heteroatoms. The molecule has 0 N–H and O–H groups in total. The van der Waals surface area contributed by atoms with Crippen molar-refractivity contribution in [3.8, 4) is 11.3 Å². The second-order valence-electron chi connectivity index (χ2n) is 6.07. The molecule has 0 aliphatic rings. The summed E-state index contributed by atoms with van der Waals surface area (Å²) in [6.07, 6.45) is 1.93. The van der Waals surface area contributed by atoms with Gasteiger partial charge in [-0.15, -0.1) is 0 Å². The van der Waals surface area contributed by atoms with Gasteiger partial charge in [0.2, 0.25) is 0 Å². The second-order valence-corrected chi connectivity index (χ2v) is 11.1. The summed E-state index contributed by atoms with van der Waals surface area (Å²) >= 11 is 0. The predicted octanol–water partition coefficient (Wildman–Crippen LogP) is 4.05. The molecule has 19 heavy (non-hydrogen) atoms. The third kappa shape index (κ3) is 2.76. The van der Waals surface area contributed by atoms with Crippen molar-refractivity contribution in [2.24, 2.45) is 0 Å². The first kappa shape index (κ1) is 13.9. The van der Waals surface area contributed by atoms with Crippen LogP contribution in [0.15, 0.2) is 30.5 Å². The van der Waals surface area contributed by atoms with Crippen LogP contribution in [0.4, 0.5) is 4.39 Å². The minimum absolute atomic E-state index is 0.171. The highest BCUT2D eigenvalue weighted by Gasteiger charge is 2.20. The largest absolute Gasteiger partial charge is 0.256 e. The lowest BCUT2D eigenvalue weighted by atomic mass is 10.1. The van der Waals surface area contributed by atoms with Crippen molar-refractivity contribution in [1.82, 2.24) is 4.98 Å². The topological polar surface area (TPSA) is 12.9 Å². The average molecular weight is 273 g/mol. The van der Waals surface area contributed by atoms with Crippen molar-refractivity contribution in [3.63, 3.8) is 0 Å². The van der Waals surface area contributed by atoms with E-state index in [1.165, 1.54) is 10.8 Å². The van der Waals surface area contributed by atoms with Gasteiger partial charge in [0, 0.05) is 11.8 Å².